The highest BCUT2D eigenvalue weighted by Gasteiger charge is 2.24. The molecule has 0 heterocycles. The maximum Gasteiger partial charge on any atom is 0.127 e. The van der Waals surface area contributed by atoms with Crippen LogP contribution >= 0.6 is 0 Å². The van der Waals surface area contributed by atoms with Crippen molar-refractivity contribution in [2.24, 2.45) is 0 Å². The lowest BCUT2D eigenvalue weighted by Crippen LogP contribution is -2.46. The van der Waals surface area contributed by atoms with E-state index < -0.39 is 0 Å². The van der Waals surface area contributed by atoms with Crippen LogP contribution in [-0.2, 0) is 0 Å². The standard InChI is InChI=1S/C15H25NO4/c1-11(9-15(2,10-17)16-3)20-14-7-12(18-4)6-13(8-14)19-5/h6-8,11,16-17H,9-10H2,1-5H3. The fourth-order valence-electron chi connectivity index (χ4n) is 2.00. The zero-order valence-corrected chi connectivity index (χ0v) is 12.9. The van der Waals surface area contributed by atoms with E-state index in [9.17, 15) is 5.11 Å². The molecule has 0 amide bonds. The summed E-state index contributed by atoms with van der Waals surface area (Å²) in [6.07, 6.45) is 0.621. The number of nitrogens with one attached hydrogen (secondary N) is 1. The normalized spacial score (nSPS) is 15.3. The molecular formula is C15H25NO4. The first-order valence-corrected chi connectivity index (χ1v) is 6.66. The number of rotatable bonds is 8. The van der Waals surface area contributed by atoms with Crippen molar-refractivity contribution in [1.82, 2.24) is 5.32 Å². The highest BCUT2D eigenvalue weighted by atomic mass is 16.5. The van der Waals surface area contributed by atoms with Crippen LogP contribution in [0.3, 0.4) is 0 Å². The van der Waals surface area contributed by atoms with Crippen molar-refractivity contribution in [2.75, 3.05) is 27.9 Å². The highest BCUT2D eigenvalue weighted by molar-refractivity contribution is 5.42. The molecular weight excluding hydrogens is 258 g/mol. The molecule has 0 saturated carbocycles. The lowest BCUT2D eigenvalue weighted by atomic mass is 9.96. The summed E-state index contributed by atoms with van der Waals surface area (Å²) in [7, 11) is 5.04. The van der Waals surface area contributed by atoms with E-state index in [1.165, 1.54) is 0 Å². The second-order valence-corrected chi connectivity index (χ2v) is 5.15. The van der Waals surface area contributed by atoms with Crippen LogP contribution in [0, 0.1) is 0 Å². The smallest absolute Gasteiger partial charge is 0.127 e. The number of likely N-dealkylation sites (N-methyl/N-ethyl adjacent to an activating group) is 1. The molecule has 2 atom stereocenters. The molecule has 1 aromatic carbocycles. The molecule has 5 nitrogen and oxygen atoms in total. The number of aliphatic hydroxyl groups is 1. The zero-order chi connectivity index (χ0) is 15.2. The lowest BCUT2D eigenvalue weighted by molar-refractivity contribution is 0.115. The molecule has 1 rings (SSSR count). The predicted octanol–water partition coefficient (Wildman–Crippen LogP) is 1.83. The van der Waals surface area contributed by atoms with Crippen molar-refractivity contribution in [1.29, 1.82) is 0 Å². The van der Waals surface area contributed by atoms with Gasteiger partial charge in [-0.15, -0.1) is 0 Å². The summed E-state index contributed by atoms with van der Waals surface area (Å²) >= 11 is 0. The minimum atomic E-state index is -0.359. The summed E-state index contributed by atoms with van der Waals surface area (Å²) in [5.41, 5.74) is -0.359. The first kappa shape index (κ1) is 16.6. The molecule has 2 unspecified atom stereocenters. The van der Waals surface area contributed by atoms with Crippen LogP contribution < -0.4 is 19.5 Å². The topological polar surface area (TPSA) is 60.0 Å². The number of benzene rings is 1. The summed E-state index contributed by atoms with van der Waals surface area (Å²) < 4.78 is 16.3. The fourth-order valence-corrected chi connectivity index (χ4v) is 2.00. The summed E-state index contributed by atoms with van der Waals surface area (Å²) in [4.78, 5) is 0. The van der Waals surface area contributed by atoms with Gasteiger partial charge in [-0.25, -0.2) is 0 Å². The molecule has 0 aliphatic rings. The average molecular weight is 283 g/mol. The SMILES string of the molecule is CNC(C)(CO)CC(C)Oc1cc(OC)cc(OC)c1. The molecule has 0 aliphatic heterocycles. The number of ether oxygens (including phenoxy) is 3. The largest absolute Gasteiger partial charge is 0.496 e. The van der Waals surface area contributed by atoms with Gasteiger partial charge in [-0.2, -0.15) is 0 Å². The Morgan fingerprint density at radius 3 is 2.05 bits per heavy atom. The van der Waals surface area contributed by atoms with Crippen molar-refractivity contribution in [3.63, 3.8) is 0 Å². The van der Waals surface area contributed by atoms with Crippen molar-refractivity contribution >= 4 is 0 Å². The Hall–Kier alpha value is -1.46. The Kier molecular flexibility index (Phi) is 6.10. The van der Waals surface area contributed by atoms with E-state index in [0.29, 0.717) is 23.7 Å². The Balaban J connectivity index is 2.77. The predicted molar refractivity (Wildman–Crippen MR) is 78.8 cm³/mol. The van der Waals surface area contributed by atoms with E-state index in [1.54, 1.807) is 20.3 Å². The minimum Gasteiger partial charge on any atom is -0.496 e. The first-order chi connectivity index (χ1) is 9.46. The Morgan fingerprint density at radius 2 is 1.65 bits per heavy atom. The second kappa shape index (κ2) is 7.36. The molecule has 1 aromatic rings. The van der Waals surface area contributed by atoms with Crippen LogP contribution in [0.1, 0.15) is 20.3 Å². The van der Waals surface area contributed by atoms with Crippen LogP contribution in [0.15, 0.2) is 18.2 Å². The number of hydrogen-bond acceptors (Lipinski definition) is 5. The molecule has 0 saturated heterocycles. The molecule has 0 aliphatic carbocycles. The molecule has 0 fully saturated rings. The van der Waals surface area contributed by atoms with E-state index in [0.717, 1.165) is 0 Å². The van der Waals surface area contributed by atoms with Gasteiger partial charge in [0, 0.05) is 30.2 Å². The Morgan fingerprint density at radius 1 is 1.15 bits per heavy atom. The minimum absolute atomic E-state index is 0.0542. The third-order valence-corrected chi connectivity index (χ3v) is 3.35. The van der Waals surface area contributed by atoms with Crippen molar-refractivity contribution < 1.29 is 19.3 Å². The molecule has 5 heteroatoms. The number of methoxy groups -OCH3 is 2. The summed E-state index contributed by atoms with van der Waals surface area (Å²) in [6, 6.07) is 5.42. The first-order valence-electron chi connectivity index (χ1n) is 6.66. The maximum atomic E-state index is 9.41. The zero-order valence-electron chi connectivity index (χ0n) is 12.9. The van der Waals surface area contributed by atoms with Gasteiger partial charge in [-0.1, -0.05) is 0 Å². The summed E-state index contributed by atoms with van der Waals surface area (Å²) in [5.74, 6) is 2.06. The van der Waals surface area contributed by atoms with Crippen LogP contribution in [0.25, 0.3) is 0 Å². The van der Waals surface area contributed by atoms with Gasteiger partial charge < -0.3 is 24.6 Å². The highest BCUT2D eigenvalue weighted by Crippen LogP contribution is 2.29. The van der Waals surface area contributed by atoms with Crippen LogP contribution in [0.5, 0.6) is 17.2 Å². The molecule has 2 N–H and O–H groups in total. The van der Waals surface area contributed by atoms with Gasteiger partial charge in [0.25, 0.3) is 0 Å². The van der Waals surface area contributed by atoms with E-state index in [-0.39, 0.29) is 18.2 Å². The van der Waals surface area contributed by atoms with Crippen LogP contribution in [0.2, 0.25) is 0 Å². The quantitative estimate of drug-likeness (QED) is 0.762. The van der Waals surface area contributed by atoms with Gasteiger partial charge >= 0.3 is 0 Å². The van der Waals surface area contributed by atoms with Gasteiger partial charge in [-0.05, 0) is 20.9 Å². The molecule has 0 bridgehead atoms. The molecule has 20 heavy (non-hydrogen) atoms. The van der Waals surface area contributed by atoms with Gasteiger partial charge in [0.15, 0.2) is 0 Å². The summed E-state index contributed by atoms with van der Waals surface area (Å²) in [6.45, 7) is 3.98. The maximum absolute atomic E-state index is 9.41. The Labute approximate surface area is 120 Å². The van der Waals surface area contributed by atoms with Crippen LogP contribution in [-0.4, -0.2) is 44.6 Å². The summed E-state index contributed by atoms with van der Waals surface area (Å²) in [5, 5.41) is 12.5. The average Bonchev–Trinajstić information content (AvgIpc) is 2.46. The van der Waals surface area contributed by atoms with Gasteiger partial charge in [0.2, 0.25) is 0 Å². The molecule has 114 valence electrons. The van der Waals surface area contributed by atoms with Gasteiger partial charge in [-0.3, -0.25) is 0 Å². The lowest BCUT2D eigenvalue weighted by Gasteiger charge is -2.30. The third-order valence-electron chi connectivity index (χ3n) is 3.35. The fraction of sp³-hybridized carbons (Fsp3) is 0.600. The van der Waals surface area contributed by atoms with Gasteiger partial charge in [0.1, 0.15) is 17.2 Å². The van der Waals surface area contributed by atoms with Crippen molar-refractivity contribution in [3.8, 4) is 17.2 Å². The number of aliphatic hydroxyl groups excluding tert-OH is 1. The second-order valence-electron chi connectivity index (χ2n) is 5.15. The van der Waals surface area contributed by atoms with Crippen molar-refractivity contribution in [2.45, 2.75) is 31.9 Å². The van der Waals surface area contributed by atoms with E-state index in [4.69, 9.17) is 14.2 Å². The van der Waals surface area contributed by atoms with E-state index >= 15 is 0 Å². The molecule has 0 radical (unpaired) electrons. The van der Waals surface area contributed by atoms with Crippen molar-refractivity contribution in [3.05, 3.63) is 18.2 Å². The number of hydrogen-bond donors (Lipinski definition) is 2. The molecule has 0 aromatic heterocycles. The van der Waals surface area contributed by atoms with Gasteiger partial charge in [0.05, 0.1) is 26.9 Å². The third kappa shape index (κ3) is 4.58. The Bertz CT molecular complexity index is 396. The molecule has 0 spiro atoms. The monoisotopic (exact) mass is 283 g/mol. The van der Waals surface area contributed by atoms with E-state index in [2.05, 4.69) is 5.32 Å². The van der Waals surface area contributed by atoms with E-state index in [1.807, 2.05) is 33.0 Å². The van der Waals surface area contributed by atoms with Crippen LogP contribution in [0.4, 0.5) is 0 Å².